The van der Waals surface area contributed by atoms with Crippen molar-refractivity contribution >= 4 is 17.9 Å². The number of aryl methyl sites for hydroxylation is 1. The van der Waals surface area contributed by atoms with Crippen molar-refractivity contribution in [3.63, 3.8) is 0 Å². The molecule has 0 amide bonds. The van der Waals surface area contributed by atoms with Gasteiger partial charge in [0.1, 0.15) is 5.65 Å². The van der Waals surface area contributed by atoms with E-state index in [9.17, 15) is 0 Å². The average molecular weight is 331 g/mol. The van der Waals surface area contributed by atoms with E-state index < -0.39 is 0 Å². The van der Waals surface area contributed by atoms with Gasteiger partial charge in [-0.3, -0.25) is 4.40 Å². The number of hydrogen-bond donors (Lipinski definition) is 1. The highest BCUT2D eigenvalue weighted by molar-refractivity contribution is 7.71. The summed E-state index contributed by atoms with van der Waals surface area (Å²) in [5.41, 5.74) is 6.64. The fraction of sp³-hybridized carbons (Fsp3) is 0.100. The zero-order valence-electron chi connectivity index (χ0n) is 13.4. The summed E-state index contributed by atoms with van der Waals surface area (Å²) in [4.78, 5) is 7.89. The molecule has 4 aromatic rings. The van der Waals surface area contributed by atoms with Gasteiger partial charge in [0.2, 0.25) is 4.77 Å². The Hall–Kier alpha value is -2.72. The number of fused-ring (bicyclic) bond motifs is 1. The Morgan fingerprint density at radius 1 is 1.00 bits per heavy atom. The standard InChI is InChI=1S/C20H17N3S/c1-2-14-8-10-16(11-9-14)18-13-23-19(22-18)17(12-21-20(23)24)15-6-4-3-5-7-15/h3-13,22H,2H2,1H3. The SMILES string of the molecule is CCc1ccc(-c2cn3c(=S)ncc(-c4ccccc4)c3[nH]2)cc1. The summed E-state index contributed by atoms with van der Waals surface area (Å²) in [6, 6.07) is 18.8. The van der Waals surface area contributed by atoms with Gasteiger partial charge in [0, 0.05) is 18.0 Å². The van der Waals surface area contributed by atoms with Gasteiger partial charge >= 0.3 is 0 Å². The van der Waals surface area contributed by atoms with E-state index in [1.54, 1.807) is 0 Å². The molecule has 0 aliphatic carbocycles. The number of aromatic nitrogens is 3. The number of imidazole rings is 1. The molecule has 0 saturated carbocycles. The number of hydrogen-bond acceptors (Lipinski definition) is 2. The monoisotopic (exact) mass is 331 g/mol. The summed E-state index contributed by atoms with van der Waals surface area (Å²) >= 11 is 5.40. The number of nitrogens with zero attached hydrogens (tertiary/aromatic N) is 2. The van der Waals surface area contributed by atoms with Crippen molar-refractivity contribution in [2.24, 2.45) is 0 Å². The van der Waals surface area contributed by atoms with Crippen molar-refractivity contribution in [1.29, 1.82) is 0 Å². The van der Waals surface area contributed by atoms with Crippen LogP contribution in [-0.2, 0) is 6.42 Å². The number of nitrogens with one attached hydrogen (secondary N) is 1. The van der Waals surface area contributed by atoms with Crippen LogP contribution in [0, 0.1) is 4.77 Å². The minimum Gasteiger partial charge on any atom is -0.339 e. The lowest BCUT2D eigenvalue weighted by atomic mass is 10.1. The summed E-state index contributed by atoms with van der Waals surface area (Å²) in [6.45, 7) is 2.16. The Labute approximate surface area is 145 Å². The zero-order chi connectivity index (χ0) is 16.5. The van der Waals surface area contributed by atoms with Crippen LogP contribution in [0.5, 0.6) is 0 Å². The molecule has 0 aliphatic rings. The van der Waals surface area contributed by atoms with Crippen LogP contribution in [-0.4, -0.2) is 14.4 Å². The third-order valence-corrected chi connectivity index (χ3v) is 4.58. The molecule has 0 saturated heterocycles. The molecule has 118 valence electrons. The van der Waals surface area contributed by atoms with Crippen LogP contribution in [0.1, 0.15) is 12.5 Å². The maximum Gasteiger partial charge on any atom is 0.205 e. The highest BCUT2D eigenvalue weighted by Crippen LogP contribution is 2.26. The molecular weight excluding hydrogens is 314 g/mol. The first-order chi connectivity index (χ1) is 11.8. The molecule has 2 aromatic carbocycles. The minimum atomic E-state index is 0.553. The Balaban J connectivity index is 1.91. The first-order valence-corrected chi connectivity index (χ1v) is 8.42. The molecule has 24 heavy (non-hydrogen) atoms. The molecule has 0 spiro atoms. The van der Waals surface area contributed by atoms with Gasteiger partial charge in [0.15, 0.2) is 0 Å². The molecule has 4 rings (SSSR count). The van der Waals surface area contributed by atoms with E-state index >= 15 is 0 Å². The molecule has 3 nitrogen and oxygen atoms in total. The topological polar surface area (TPSA) is 33.1 Å². The van der Waals surface area contributed by atoms with Crippen molar-refractivity contribution in [3.8, 4) is 22.4 Å². The maximum atomic E-state index is 5.40. The Morgan fingerprint density at radius 2 is 1.75 bits per heavy atom. The second kappa shape index (κ2) is 6.06. The molecule has 2 heterocycles. The number of aromatic amines is 1. The Kier molecular flexibility index (Phi) is 3.75. The van der Waals surface area contributed by atoms with Gasteiger partial charge in [-0.05, 0) is 35.3 Å². The largest absolute Gasteiger partial charge is 0.339 e. The molecule has 2 aromatic heterocycles. The molecule has 0 radical (unpaired) electrons. The van der Waals surface area contributed by atoms with Gasteiger partial charge in [-0.2, -0.15) is 0 Å². The van der Waals surface area contributed by atoms with Gasteiger partial charge < -0.3 is 4.98 Å². The Bertz CT molecular complexity index is 1040. The molecule has 0 fully saturated rings. The molecule has 4 heteroatoms. The second-order valence-electron chi connectivity index (χ2n) is 5.76. The predicted octanol–water partition coefficient (Wildman–Crippen LogP) is 5.29. The molecule has 0 atom stereocenters. The van der Waals surface area contributed by atoms with Crippen LogP contribution in [0.4, 0.5) is 0 Å². The van der Waals surface area contributed by atoms with E-state index in [2.05, 4.69) is 53.3 Å². The number of H-pyrrole nitrogens is 1. The van der Waals surface area contributed by atoms with E-state index in [1.807, 2.05) is 35.0 Å². The van der Waals surface area contributed by atoms with Crippen LogP contribution in [0.3, 0.4) is 0 Å². The summed E-state index contributed by atoms with van der Waals surface area (Å²) in [5.74, 6) is 0. The summed E-state index contributed by atoms with van der Waals surface area (Å²) in [6.07, 6.45) is 4.91. The van der Waals surface area contributed by atoms with E-state index in [-0.39, 0.29) is 0 Å². The second-order valence-corrected chi connectivity index (χ2v) is 6.12. The van der Waals surface area contributed by atoms with Gasteiger partial charge in [-0.15, -0.1) is 0 Å². The zero-order valence-corrected chi connectivity index (χ0v) is 14.2. The highest BCUT2D eigenvalue weighted by Gasteiger charge is 2.10. The van der Waals surface area contributed by atoms with Crippen molar-refractivity contribution < 1.29 is 0 Å². The van der Waals surface area contributed by atoms with Gasteiger partial charge in [-0.1, -0.05) is 61.5 Å². The lowest BCUT2D eigenvalue weighted by molar-refractivity contribution is 1.06. The van der Waals surface area contributed by atoms with Crippen molar-refractivity contribution in [2.75, 3.05) is 0 Å². The van der Waals surface area contributed by atoms with Crippen molar-refractivity contribution in [2.45, 2.75) is 13.3 Å². The first-order valence-electron chi connectivity index (χ1n) is 8.01. The third-order valence-electron chi connectivity index (χ3n) is 4.28. The first kappa shape index (κ1) is 14.8. The lowest BCUT2D eigenvalue weighted by Crippen LogP contribution is -1.92. The van der Waals surface area contributed by atoms with Gasteiger partial charge in [0.25, 0.3) is 0 Å². The molecule has 0 bridgehead atoms. The maximum absolute atomic E-state index is 5.40. The summed E-state index contributed by atoms with van der Waals surface area (Å²) < 4.78 is 2.50. The van der Waals surface area contributed by atoms with Crippen LogP contribution >= 0.6 is 12.2 Å². The molecular formula is C20H17N3S. The number of rotatable bonds is 3. The molecule has 0 unspecified atom stereocenters. The van der Waals surface area contributed by atoms with Crippen LogP contribution in [0.25, 0.3) is 28.0 Å². The van der Waals surface area contributed by atoms with E-state index in [4.69, 9.17) is 12.2 Å². The van der Waals surface area contributed by atoms with E-state index in [0.29, 0.717) is 4.77 Å². The quantitative estimate of drug-likeness (QED) is 0.518. The average Bonchev–Trinajstić information content (AvgIpc) is 3.09. The smallest absolute Gasteiger partial charge is 0.205 e. The summed E-state index contributed by atoms with van der Waals surface area (Å²) in [7, 11) is 0. The fourth-order valence-electron chi connectivity index (χ4n) is 2.90. The lowest BCUT2D eigenvalue weighted by Gasteiger charge is -2.03. The van der Waals surface area contributed by atoms with Gasteiger partial charge in [-0.25, -0.2) is 4.98 Å². The third kappa shape index (κ3) is 2.55. The van der Waals surface area contributed by atoms with E-state index in [0.717, 1.165) is 34.5 Å². The van der Waals surface area contributed by atoms with E-state index in [1.165, 1.54) is 5.56 Å². The fourth-order valence-corrected chi connectivity index (χ4v) is 3.10. The highest BCUT2D eigenvalue weighted by atomic mass is 32.1. The van der Waals surface area contributed by atoms with Crippen molar-refractivity contribution in [1.82, 2.24) is 14.4 Å². The van der Waals surface area contributed by atoms with Crippen LogP contribution in [0.2, 0.25) is 0 Å². The van der Waals surface area contributed by atoms with Gasteiger partial charge in [0.05, 0.1) is 5.69 Å². The van der Waals surface area contributed by atoms with Crippen LogP contribution in [0.15, 0.2) is 67.0 Å². The molecule has 1 N–H and O–H groups in total. The van der Waals surface area contributed by atoms with Crippen molar-refractivity contribution in [3.05, 3.63) is 77.3 Å². The summed E-state index contributed by atoms with van der Waals surface area (Å²) in [5, 5.41) is 0. The Morgan fingerprint density at radius 3 is 2.46 bits per heavy atom. The minimum absolute atomic E-state index is 0.553. The predicted molar refractivity (Wildman–Crippen MR) is 101 cm³/mol. The normalized spacial score (nSPS) is 11.0. The van der Waals surface area contributed by atoms with Crippen LogP contribution < -0.4 is 0 Å². The number of benzene rings is 2. The molecule has 0 aliphatic heterocycles.